The van der Waals surface area contributed by atoms with Crippen molar-refractivity contribution in [2.24, 2.45) is 5.73 Å². The molecule has 2 aromatic carbocycles. The maximum absolute atomic E-state index is 11.5. The predicted molar refractivity (Wildman–Crippen MR) is 125 cm³/mol. The summed E-state index contributed by atoms with van der Waals surface area (Å²) >= 11 is 0. The number of aromatic carboxylic acids is 1. The number of carboxylic acid groups (broad SMARTS) is 1. The summed E-state index contributed by atoms with van der Waals surface area (Å²) in [5, 5.41) is 9.71. The Bertz CT molecular complexity index is 1280. The molecule has 1 amide bonds. The van der Waals surface area contributed by atoms with Gasteiger partial charge in [-0.1, -0.05) is 12.1 Å². The smallest absolute Gasteiger partial charge is 0.335 e. The molecule has 4 rings (SSSR count). The maximum atomic E-state index is 11.5. The summed E-state index contributed by atoms with van der Waals surface area (Å²) in [5.74, 6) is -0.331. The van der Waals surface area contributed by atoms with E-state index in [-0.39, 0.29) is 23.7 Å². The van der Waals surface area contributed by atoms with Gasteiger partial charge in [0.1, 0.15) is 30.4 Å². The molecule has 0 radical (unpaired) electrons. The van der Waals surface area contributed by atoms with E-state index in [0.717, 1.165) is 16.5 Å². The second-order valence-electron chi connectivity index (χ2n) is 6.87. The Kier molecular flexibility index (Phi) is 7.42. The lowest BCUT2D eigenvalue weighted by atomic mass is 10.0. The van der Waals surface area contributed by atoms with Gasteiger partial charge in [0.2, 0.25) is 0 Å². The van der Waals surface area contributed by atoms with Crippen LogP contribution in [0.3, 0.4) is 0 Å². The zero-order chi connectivity index (χ0) is 22.5. The molecule has 0 aliphatic heterocycles. The number of fused-ring (bicyclic) bond motifs is 1. The summed E-state index contributed by atoms with van der Waals surface area (Å²) in [6, 6.07) is 17.0. The van der Waals surface area contributed by atoms with E-state index < -0.39 is 11.9 Å². The van der Waals surface area contributed by atoms with Crippen molar-refractivity contribution in [1.29, 1.82) is 0 Å². The third-order valence-electron chi connectivity index (χ3n) is 4.74. The third kappa shape index (κ3) is 5.55. The first-order chi connectivity index (χ1) is 15.5. The van der Waals surface area contributed by atoms with Crippen LogP contribution in [-0.2, 0) is 0 Å². The summed E-state index contributed by atoms with van der Waals surface area (Å²) in [4.78, 5) is 31.0. The van der Waals surface area contributed by atoms with Gasteiger partial charge in [-0.2, -0.15) is 0 Å². The van der Waals surface area contributed by atoms with Crippen LogP contribution in [0.25, 0.3) is 22.0 Å². The minimum Gasteiger partial charge on any atom is -0.490 e. The van der Waals surface area contributed by atoms with Gasteiger partial charge in [-0.05, 0) is 54.1 Å². The Morgan fingerprint density at radius 2 is 1.45 bits per heavy atom. The molecule has 168 valence electrons. The summed E-state index contributed by atoms with van der Waals surface area (Å²) in [7, 11) is 0. The largest absolute Gasteiger partial charge is 0.490 e. The van der Waals surface area contributed by atoms with Crippen molar-refractivity contribution in [3.8, 4) is 22.6 Å². The highest BCUT2D eigenvalue weighted by Gasteiger charge is 2.10. The van der Waals surface area contributed by atoms with E-state index in [0.29, 0.717) is 30.2 Å². The fourth-order valence-corrected chi connectivity index (χ4v) is 3.14. The van der Waals surface area contributed by atoms with Crippen molar-refractivity contribution in [1.82, 2.24) is 9.97 Å². The van der Waals surface area contributed by atoms with E-state index in [1.165, 1.54) is 12.1 Å². The van der Waals surface area contributed by atoms with Crippen LogP contribution in [-0.4, -0.2) is 40.2 Å². The number of ether oxygens (including phenoxy) is 2. The van der Waals surface area contributed by atoms with Gasteiger partial charge in [0.15, 0.2) is 0 Å². The Hall–Kier alpha value is -4.17. The molecule has 0 fully saturated rings. The Morgan fingerprint density at radius 1 is 0.848 bits per heavy atom. The molecule has 0 atom stereocenters. The number of carbonyl (C=O) groups excluding carboxylic acids is 1. The highest BCUT2D eigenvalue weighted by atomic mass is 35.5. The van der Waals surface area contributed by atoms with E-state index in [1.54, 1.807) is 36.7 Å². The number of amides is 1. The molecule has 8 nitrogen and oxygen atoms in total. The van der Waals surface area contributed by atoms with Crippen molar-refractivity contribution in [3.05, 3.63) is 84.3 Å². The first kappa shape index (κ1) is 23.5. The molecule has 0 aliphatic carbocycles. The van der Waals surface area contributed by atoms with Gasteiger partial charge >= 0.3 is 5.97 Å². The predicted octanol–water partition coefficient (Wildman–Crippen LogP) is 3.97. The monoisotopic (exact) mass is 465 g/mol. The number of primary amides is 1. The molecule has 33 heavy (non-hydrogen) atoms. The van der Waals surface area contributed by atoms with Gasteiger partial charge in [-0.25, -0.2) is 9.78 Å². The van der Waals surface area contributed by atoms with Gasteiger partial charge in [-0.15, -0.1) is 12.4 Å². The van der Waals surface area contributed by atoms with Crippen molar-refractivity contribution in [2.45, 2.75) is 0 Å². The average Bonchev–Trinajstić information content (AvgIpc) is 2.82. The van der Waals surface area contributed by atoms with E-state index in [1.807, 2.05) is 24.3 Å². The molecule has 0 saturated heterocycles. The second-order valence-corrected chi connectivity index (χ2v) is 6.87. The van der Waals surface area contributed by atoms with Crippen molar-refractivity contribution in [3.63, 3.8) is 0 Å². The molecule has 9 heteroatoms. The van der Waals surface area contributed by atoms with Crippen LogP contribution < -0.4 is 15.2 Å². The van der Waals surface area contributed by atoms with Crippen LogP contribution in [0.15, 0.2) is 73.1 Å². The van der Waals surface area contributed by atoms with E-state index >= 15 is 0 Å². The van der Waals surface area contributed by atoms with E-state index in [4.69, 9.17) is 20.3 Å². The molecule has 0 unspecified atom stereocenters. The fourth-order valence-electron chi connectivity index (χ4n) is 3.14. The molecule has 2 heterocycles. The van der Waals surface area contributed by atoms with Crippen molar-refractivity contribution < 1.29 is 24.2 Å². The highest BCUT2D eigenvalue weighted by Crippen LogP contribution is 2.28. The summed E-state index contributed by atoms with van der Waals surface area (Å²) in [6.07, 6.45) is 3.38. The lowest BCUT2D eigenvalue weighted by Gasteiger charge is -2.10. The number of nitrogens with zero attached hydrogens (tertiary/aromatic N) is 2. The van der Waals surface area contributed by atoms with E-state index in [2.05, 4.69) is 9.97 Å². The van der Waals surface area contributed by atoms with Gasteiger partial charge in [0, 0.05) is 23.3 Å². The Balaban J connectivity index is 0.00000306. The minimum absolute atomic E-state index is 0. The van der Waals surface area contributed by atoms with Gasteiger partial charge in [-0.3, -0.25) is 9.78 Å². The van der Waals surface area contributed by atoms with Crippen LogP contribution in [0.4, 0.5) is 0 Å². The number of carbonyl (C=O) groups is 2. The zero-order valence-electron chi connectivity index (χ0n) is 17.3. The number of pyridine rings is 2. The molecule has 4 aromatic rings. The molecular weight excluding hydrogens is 446 g/mol. The van der Waals surface area contributed by atoms with Crippen LogP contribution in [0.5, 0.6) is 11.5 Å². The summed E-state index contributed by atoms with van der Waals surface area (Å²) < 4.78 is 11.3. The average molecular weight is 466 g/mol. The first-order valence-electron chi connectivity index (χ1n) is 9.75. The Labute approximate surface area is 195 Å². The highest BCUT2D eigenvalue weighted by molar-refractivity contribution is 5.97. The van der Waals surface area contributed by atoms with Crippen LogP contribution in [0.1, 0.15) is 20.8 Å². The van der Waals surface area contributed by atoms with Crippen LogP contribution in [0.2, 0.25) is 0 Å². The summed E-state index contributed by atoms with van der Waals surface area (Å²) in [6.45, 7) is 0.626. The Morgan fingerprint density at radius 3 is 2.03 bits per heavy atom. The third-order valence-corrected chi connectivity index (χ3v) is 4.74. The number of hydrogen-bond donors (Lipinski definition) is 2. The van der Waals surface area contributed by atoms with Gasteiger partial charge in [0.05, 0.1) is 11.1 Å². The SMILES string of the molecule is Cl.NC(=O)c1ccc2cncc(-c3ccc(OCCOc4ccc(C(=O)O)cc4)cc3)c2n1. The molecule has 3 N–H and O–H groups in total. The second kappa shape index (κ2) is 10.4. The quantitative estimate of drug-likeness (QED) is 0.377. The molecule has 2 aromatic heterocycles. The maximum Gasteiger partial charge on any atom is 0.335 e. The van der Waals surface area contributed by atoms with Gasteiger partial charge in [0.25, 0.3) is 5.91 Å². The topological polar surface area (TPSA) is 125 Å². The van der Waals surface area contributed by atoms with E-state index in [9.17, 15) is 9.59 Å². The number of rotatable bonds is 8. The standard InChI is InChI=1S/C24H19N3O5.ClH/c25-23(28)21-10-5-17-13-26-14-20(22(17)27-21)15-1-6-18(7-2-15)31-11-12-32-19-8-3-16(4-9-19)24(29)30;/h1-10,13-14H,11-12H2,(H2,25,28)(H,29,30);1H. The van der Waals surface area contributed by atoms with Crippen molar-refractivity contribution in [2.75, 3.05) is 13.2 Å². The molecular formula is C24H20ClN3O5. The zero-order valence-corrected chi connectivity index (χ0v) is 18.1. The number of nitrogens with two attached hydrogens (primary N) is 1. The lowest BCUT2D eigenvalue weighted by molar-refractivity contribution is 0.0696. The molecule has 0 bridgehead atoms. The van der Waals surface area contributed by atoms with Crippen LogP contribution >= 0.6 is 12.4 Å². The summed E-state index contributed by atoms with van der Waals surface area (Å²) in [5.41, 5.74) is 8.06. The minimum atomic E-state index is -0.980. The van der Waals surface area contributed by atoms with Crippen LogP contribution in [0, 0.1) is 0 Å². The molecule has 0 saturated carbocycles. The number of halogens is 1. The number of benzene rings is 2. The number of hydrogen-bond acceptors (Lipinski definition) is 6. The fraction of sp³-hybridized carbons (Fsp3) is 0.0833. The first-order valence-corrected chi connectivity index (χ1v) is 9.75. The lowest BCUT2D eigenvalue weighted by Crippen LogP contribution is -2.12. The molecule has 0 spiro atoms. The van der Waals surface area contributed by atoms with Gasteiger partial charge < -0.3 is 20.3 Å². The van der Waals surface area contributed by atoms with Crippen molar-refractivity contribution >= 4 is 35.2 Å². The number of aromatic nitrogens is 2. The normalized spacial score (nSPS) is 10.3. The number of carboxylic acids is 1. The molecule has 0 aliphatic rings.